The van der Waals surface area contributed by atoms with Crippen LogP contribution in [0.1, 0.15) is 6.92 Å². The van der Waals surface area contributed by atoms with E-state index in [1.165, 1.54) is 6.92 Å². The lowest BCUT2D eigenvalue weighted by Crippen LogP contribution is -2.12. The average Bonchev–Trinajstić information content (AvgIpc) is 2.25. The van der Waals surface area contributed by atoms with E-state index in [9.17, 15) is 9.59 Å². The highest BCUT2D eigenvalue weighted by Crippen LogP contribution is 1.91. The van der Waals surface area contributed by atoms with Gasteiger partial charge >= 0.3 is 11.9 Å². The van der Waals surface area contributed by atoms with Crippen molar-refractivity contribution in [2.24, 2.45) is 0 Å². The quantitative estimate of drug-likeness (QED) is 0.445. The topological polar surface area (TPSA) is 104 Å². The number of carbonyl (C=O) groups is 2. The summed E-state index contributed by atoms with van der Waals surface area (Å²) in [6, 6.07) is 0. The Bertz CT molecular complexity index is 256. The Morgan fingerprint density at radius 3 is 1.94 bits per heavy atom. The molecule has 0 aromatic rings. The monoisotopic (exact) mass is 232 g/mol. The van der Waals surface area contributed by atoms with Crippen LogP contribution in [0.2, 0.25) is 0 Å². The molecule has 0 aliphatic carbocycles. The van der Waals surface area contributed by atoms with Crippen molar-refractivity contribution in [3.63, 3.8) is 0 Å². The van der Waals surface area contributed by atoms with Crippen molar-refractivity contribution >= 4 is 11.9 Å². The van der Waals surface area contributed by atoms with E-state index < -0.39 is 18.5 Å². The molecule has 0 rings (SSSR count). The van der Waals surface area contributed by atoms with E-state index in [0.717, 1.165) is 0 Å². The summed E-state index contributed by atoms with van der Waals surface area (Å²) in [5.74, 6) is -1.61. The Hall–Kier alpha value is -1.66. The molecule has 16 heavy (non-hydrogen) atoms. The molecule has 92 valence electrons. The molecule has 0 aromatic carbocycles. The summed E-state index contributed by atoms with van der Waals surface area (Å²) in [6.07, 6.45) is 0. The van der Waals surface area contributed by atoms with Gasteiger partial charge in [0.2, 0.25) is 0 Å². The minimum Gasteiger partial charge on any atom is -0.478 e. The highest BCUT2D eigenvalue weighted by Gasteiger charge is 2.04. The Labute approximate surface area is 93.5 Å². The van der Waals surface area contributed by atoms with Crippen LogP contribution in [0.3, 0.4) is 0 Å². The van der Waals surface area contributed by atoms with Gasteiger partial charge in [0.25, 0.3) is 0 Å². The predicted octanol–water partition coefficient (Wildman–Crippen LogP) is -0.282. The number of aliphatic hydroxyl groups is 2. The molecular formula is C10H16O6. The van der Waals surface area contributed by atoms with Crippen molar-refractivity contribution in [1.82, 2.24) is 0 Å². The van der Waals surface area contributed by atoms with E-state index in [4.69, 9.17) is 15.3 Å². The van der Waals surface area contributed by atoms with Gasteiger partial charge in [0.15, 0.2) is 0 Å². The van der Waals surface area contributed by atoms with E-state index in [-0.39, 0.29) is 24.4 Å². The SMILES string of the molecule is C=C(C)C(=O)O.C=C(CO)C(=O)OCCO. The summed E-state index contributed by atoms with van der Waals surface area (Å²) in [7, 11) is 0. The van der Waals surface area contributed by atoms with Gasteiger partial charge in [-0.2, -0.15) is 0 Å². The number of aliphatic hydroxyl groups excluding tert-OH is 2. The van der Waals surface area contributed by atoms with Crippen LogP contribution in [-0.2, 0) is 14.3 Å². The molecule has 0 radical (unpaired) electrons. The van der Waals surface area contributed by atoms with Gasteiger partial charge in [-0.05, 0) is 6.92 Å². The summed E-state index contributed by atoms with van der Waals surface area (Å²) in [6.45, 7) is 7.13. The van der Waals surface area contributed by atoms with E-state index in [1.54, 1.807) is 0 Å². The second kappa shape index (κ2) is 9.88. The van der Waals surface area contributed by atoms with Gasteiger partial charge in [-0.15, -0.1) is 0 Å². The molecular weight excluding hydrogens is 216 g/mol. The number of aliphatic carboxylic acids is 1. The standard InChI is InChI=1S/C6H10O4.C4H6O2/c1-5(4-8)6(9)10-3-2-7;1-3(2)4(5)6/h7-8H,1-4H2;1H2,2H3,(H,5,6). The van der Waals surface area contributed by atoms with Crippen LogP contribution in [0.5, 0.6) is 0 Å². The fraction of sp³-hybridized carbons (Fsp3) is 0.400. The van der Waals surface area contributed by atoms with Crippen molar-refractivity contribution < 1.29 is 29.6 Å². The smallest absolute Gasteiger partial charge is 0.335 e. The van der Waals surface area contributed by atoms with Crippen LogP contribution < -0.4 is 0 Å². The van der Waals surface area contributed by atoms with E-state index >= 15 is 0 Å². The van der Waals surface area contributed by atoms with Crippen LogP contribution in [0.4, 0.5) is 0 Å². The summed E-state index contributed by atoms with van der Waals surface area (Å²) in [4.78, 5) is 20.1. The number of carbonyl (C=O) groups excluding carboxylic acids is 1. The normalized spacial score (nSPS) is 8.44. The average molecular weight is 232 g/mol. The number of hydrogen-bond acceptors (Lipinski definition) is 5. The molecule has 0 saturated carbocycles. The molecule has 0 saturated heterocycles. The summed E-state index contributed by atoms with van der Waals surface area (Å²) >= 11 is 0. The molecule has 0 spiro atoms. The van der Waals surface area contributed by atoms with Crippen LogP contribution in [0, 0.1) is 0 Å². The third-order valence-corrected chi connectivity index (χ3v) is 1.17. The number of esters is 1. The molecule has 0 bridgehead atoms. The summed E-state index contributed by atoms with van der Waals surface area (Å²) in [5.41, 5.74) is 0.170. The second-order valence-electron chi connectivity index (χ2n) is 2.71. The van der Waals surface area contributed by atoms with Gasteiger partial charge in [-0.3, -0.25) is 0 Å². The molecule has 6 heteroatoms. The van der Waals surface area contributed by atoms with Gasteiger partial charge in [-0.1, -0.05) is 13.2 Å². The van der Waals surface area contributed by atoms with E-state index in [0.29, 0.717) is 0 Å². The maximum atomic E-state index is 10.5. The zero-order valence-corrected chi connectivity index (χ0v) is 9.10. The lowest BCUT2D eigenvalue weighted by molar-refractivity contribution is -0.140. The molecule has 6 nitrogen and oxygen atoms in total. The maximum Gasteiger partial charge on any atom is 0.335 e. The number of rotatable bonds is 5. The first kappa shape index (κ1) is 16.8. The lowest BCUT2D eigenvalue weighted by atomic mass is 10.3. The van der Waals surface area contributed by atoms with Crippen LogP contribution in [-0.4, -0.2) is 47.1 Å². The number of hydrogen-bond donors (Lipinski definition) is 3. The number of carboxylic acids is 1. The number of carboxylic acid groups (broad SMARTS) is 1. The predicted molar refractivity (Wildman–Crippen MR) is 56.7 cm³/mol. The maximum absolute atomic E-state index is 10.5. The molecule has 0 unspecified atom stereocenters. The Kier molecular flexibility index (Phi) is 10.3. The largest absolute Gasteiger partial charge is 0.478 e. The van der Waals surface area contributed by atoms with Crippen LogP contribution in [0.15, 0.2) is 24.3 Å². The molecule has 0 fully saturated rings. The molecule has 0 aliphatic rings. The molecule has 0 atom stereocenters. The van der Waals surface area contributed by atoms with E-state index in [1.807, 2.05) is 0 Å². The minimum atomic E-state index is -0.935. The van der Waals surface area contributed by atoms with Gasteiger partial charge in [0.1, 0.15) is 6.61 Å². The molecule has 0 amide bonds. The molecule has 0 aromatic heterocycles. The highest BCUT2D eigenvalue weighted by atomic mass is 16.5. The first-order valence-electron chi connectivity index (χ1n) is 4.32. The fourth-order valence-corrected chi connectivity index (χ4v) is 0.305. The number of ether oxygens (including phenoxy) is 1. The van der Waals surface area contributed by atoms with Gasteiger partial charge < -0.3 is 20.1 Å². The first-order chi connectivity index (χ1) is 7.36. The van der Waals surface area contributed by atoms with Crippen molar-refractivity contribution in [3.8, 4) is 0 Å². The van der Waals surface area contributed by atoms with Crippen LogP contribution in [0.25, 0.3) is 0 Å². The van der Waals surface area contributed by atoms with Gasteiger partial charge in [0.05, 0.1) is 18.8 Å². The molecule has 0 heterocycles. The third kappa shape index (κ3) is 10.4. The molecule has 3 N–H and O–H groups in total. The lowest BCUT2D eigenvalue weighted by Gasteiger charge is -2.01. The minimum absolute atomic E-state index is 0.00606. The Morgan fingerprint density at radius 1 is 1.25 bits per heavy atom. The van der Waals surface area contributed by atoms with Gasteiger partial charge in [-0.25, -0.2) is 9.59 Å². The Morgan fingerprint density at radius 2 is 1.69 bits per heavy atom. The van der Waals surface area contributed by atoms with Crippen molar-refractivity contribution in [2.75, 3.05) is 19.8 Å². The Balaban J connectivity index is 0. The summed E-state index contributed by atoms with van der Waals surface area (Å²) < 4.78 is 4.40. The van der Waals surface area contributed by atoms with Crippen molar-refractivity contribution in [1.29, 1.82) is 0 Å². The zero-order chi connectivity index (χ0) is 13.1. The second-order valence-corrected chi connectivity index (χ2v) is 2.71. The van der Waals surface area contributed by atoms with Crippen LogP contribution >= 0.6 is 0 Å². The third-order valence-electron chi connectivity index (χ3n) is 1.17. The summed E-state index contributed by atoms with van der Waals surface area (Å²) in [5, 5.41) is 24.4. The zero-order valence-electron chi connectivity index (χ0n) is 9.10. The first-order valence-corrected chi connectivity index (χ1v) is 4.32. The fourth-order valence-electron chi connectivity index (χ4n) is 0.305. The van der Waals surface area contributed by atoms with Gasteiger partial charge in [0, 0.05) is 5.57 Å². The van der Waals surface area contributed by atoms with Crippen molar-refractivity contribution in [2.45, 2.75) is 6.92 Å². The highest BCUT2D eigenvalue weighted by molar-refractivity contribution is 5.87. The van der Waals surface area contributed by atoms with Crippen molar-refractivity contribution in [3.05, 3.63) is 24.3 Å². The molecule has 0 aliphatic heterocycles. The van der Waals surface area contributed by atoms with E-state index in [2.05, 4.69) is 17.9 Å².